The third-order valence-electron chi connectivity index (χ3n) is 4.70. The van der Waals surface area contributed by atoms with Crippen LogP contribution in [-0.4, -0.2) is 13.1 Å². The van der Waals surface area contributed by atoms with Gasteiger partial charge in [0.25, 0.3) is 0 Å². The number of piperidine rings is 1. The zero-order chi connectivity index (χ0) is 9.47. The van der Waals surface area contributed by atoms with Gasteiger partial charge < -0.3 is 5.32 Å². The summed E-state index contributed by atoms with van der Waals surface area (Å²) in [5, 5.41) is 3.56. The standard InChI is InChI=1S/C12H23N/c1-9(2)11-8-13-7-6-12(11)5-4-10(12)3/h9-11,13H,4-8H2,1-3H3. The predicted octanol–water partition coefficient (Wildman–Crippen LogP) is 2.67. The molecule has 1 nitrogen and oxygen atoms in total. The van der Waals surface area contributed by atoms with Crippen molar-refractivity contribution in [3.05, 3.63) is 0 Å². The van der Waals surface area contributed by atoms with E-state index in [2.05, 4.69) is 26.1 Å². The van der Waals surface area contributed by atoms with Crippen LogP contribution in [0.25, 0.3) is 0 Å². The Morgan fingerprint density at radius 3 is 2.46 bits per heavy atom. The van der Waals surface area contributed by atoms with Gasteiger partial charge in [0.15, 0.2) is 0 Å². The van der Waals surface area contributed by atoms with Gasteiger partial charge in [0.1, 0.15) is 0 Å². The number of rotatable bonds is 1. The zero-order valence-electron chi connectivity index (χ0n) is 9.27. The van der Waals surface area contributed by atoms with Gasteiger partial charge in [-0.3, -0.25) is 0 Å². The normalized spacial score (nSPS) is 45.2. The molecule has 1 saturated heterocycles. The highest BCUT2D eigenvalue weighted by Crippen LogP contribution is 2.56. The van der Waals surface area contributed by atoms with Crippen LogP contribution >= 0.6 is 0 Å². The highest BCUT2D eigenvalue weighted by molar-refractivity contribution is 5.01. The minimum atomic E-state index is 0.736. The molecule has 1 aliphatic heterocycles. The van der Waals surface area contributed by atoms with Gasteiger partial charge >= 0.3 is 0 Å². The van der Waals surface area contributed by atoms with Gasteiger partial charge in [-0.2, -0.15) is 0 Å². The summed E-state index contributed by atoms with van der Waals surface area (Å²) in [5.74, 6) is 2.78. The fourth-order valence-corrected chi connectivity index (χ4v) is 3.59. The van der Waals surface area contributed by atoms with Crippen molar-refractivity contribution in [2.24, 2.45) is 23.2 Å². The van der Waals surface area contributed by atoms with Gasteiger partial charge in [0.05, 0.1) is 0 Å². The largest absolute Gasteiger partial charge is 0.316 e. The van der Waals surface area contributed by atoms with E-state index in [-0.39, 0.29) is 0 Å². The Bertz CT molecular complexity index is 188. The maximum absolute atomic E-state index is 3.56. The molecular weight excluding hydrogens is 158 g/mol. The van der Waals surface area contributed by atoms with Gasteiger partial charge in [-0.15, -0.1) is 0 Å². The smallest absolute Gasteiger partial charge is 0.00126 e. The van der Waals surface area contributed by atoms with Crippen LogP contribution in [0.1, 0.15) is 40.0 Å². The Morgan fingerprint density at radius 1 is 1.31 bits per heavy atom. The lowest BCUT2D eigenvalue weighted by atomic mass is 9.50. The van der Waals surface area contributed by atoms with Crippen molar-refractivity contribution in [2.75, 3.05) is 13.1 Å². The first-order chi connectivity index (χ1) is 6.17. The Morgan fingerprint density at radius 2 is 2.08 bits per heavy atom. The van der Waals surface area contributed by atoms with Crippen LogP contribution in [0.5, 0.6) is 0 Å². The summed E-state index contributed by atoms with van der Waals surface area (Å²) >= 11 is 0. The monoisotopic (exact) mass is 181 g/mol. The van der Waals surface area contributed by atoms with Gasteiger partial charge in [-0.25, -0.2) is 0 Å². The minimum Gasteiger partial charge on any atom is -0.316 e. The zero-order valence-corrected chi connectivity index (χ0v) is 9.27. The van der Waals surface area contributed by atoms with E-state index >= 15 is 0 Å². The van der Waals surface area contributed by atoms with E-state index in [0.29, 0.717) is 0 Å². The van der Waals surface area contributed by atoms with Gasteiger partial charge in [-0.05, 0) is 55.5 Å². The molecule has 0 aromatic carbocycles. The number of hydrogen-bond donors (Lipinski definition) is 1. The first-order valence-electron chi connectivity index (χ1n) is 5.87. The van der Waals surface area contributed by atoms with Crippen LogP contribution < -0.4 is 5.32 Å². The number of hydrogen-bond acceptors (Lipinski definition) is 1. The molecule has 1 heterocycles. The molecule has 1 spiro atoms. The highest BCUT2D eigenvalue weighted by Gasteiger charge is 2.50. The highest BCUT2D eigenvalue weighted by atomic mass is 14.9. The second-order valence-corrected chi connectivity index (χ2v) is 5.48. The second-order valence-electron chi connectivity index (χ2n) is 5.48. The first kappa shape index (κ1) is 9.51. The molecule has 2 fully saturated rings. The van der Waals surface area contributed by atoms with Crippen molar-refractivity contribution in [1.29, 1.82) is 0 Å². The molecule has 2 rings (SSSR count). The summed E-state index contributed by atoms with van der Waals surface area (Å²) in [6.07, 6.45) is 4.40. The molecule has 0 radical (unpaired) electrons. The van der Waals surface area contributed by atoms with Crippen LogP contribution in [0.15, 0.2) is 0 Å². The second kappa shape index (κ2) is 3.27. The Labute approximate surface area is 82.3 Å². The van der Waals surface area contributed by atoms with E-state index in [1.165, 1.54) is 32.4 Å². The lowest BCUT2D eigenvalue weighted by Crippen LogP contribution is -2.55. The third kappa shape index (κ3) is 1.32. The third-order valence-corrected chi connectivity index (χ3v) is 4.70. The molecular formula is C12H23N. The van der Waals surface area contributed by atoms with Gasteiger partial charge in [0.2, 0.25) is 0 Å². The maximum Gasteiger partial charge on any atom is -0.00126 e. The van der Waals surface area contributed by atoms with Gasteiger partial charge in [0, 0.05) is 0 Å². The number of nitrogens with one attached hydrogen (secondary N) is 1. The topological polar surface area (TPSA) is 12.0 Å². The van der Waals surface area contributed by atoms with Crippen LogP contribution in [0.4, 0.5) is 0 Å². The molecule has 0 amide bonds. The van der Waals surface area contributed by atoms with E-state index in [4.69, 9.17) is 0 Å². The molecule has 3 atom stereocenters. The molecule has 0 bridgehead atoms. The average molecular weight is 181 g/mol. The SMILES string of the molecule is CC(C)C1CNCCC12CCC2C. The molecule has 1 N–H and O–H groups in total. The lowest BCUT2D eigenvalue weighted by Gasteiger charge is -2.57. The molecule has 2 aliphatic rings. The van der Waals surface area contributed by atoms with E-state index in [9.17, 15) is 0 Å². The fraction of sp³-hybridized carbons (Fsp3) is 1.00. The summed E-state index contributed by atoms with van der Waals surface area (Å²) in [5.41, 5.74) is 0.736. The quantitative estimate of drug-likeness (QED) is 0.656. The molecule has 0 aromatic heterocycles. The summed E-state index contributed by atoms with van der Waals surface area (Å²) in [6, 6.07) is 0. The Balaban J connectivity index is 2.13. The van der Waals surface area contributed by atoms with Crippen molar-refractivity contribution < 1.29 is 0 Å². The fourth-order valence-electron chi connectivity index (χ4n) is 3.59. The Kier molecular flexibility index (Phi) is 2.39. The van der Waals surface area contributed by atoms with Gasteiger partial charge in [-0.1, -0.05) is 20.8 Å². The van der Waals surface area contributed by atoms with Crippen LogP contribution in [-0.2, 0) is 0 Å². The molecule has 1 aliphatic carbocycles. The average Bonchev–Trinajstić information content (AvgIpc) is 2.15. The molecule has 1 saturated carbocycles. The van der Waals surface area contributed by atoms with E-state index < -0.39 is 0 Å². The first-order valence-corrected chi connectivity index (χ1v) is 5.87. The van der Waals surface area contributed by atoms with Crippen LogP contribution in [0.3, 0.4) is 0 Å². The maximum atomic E-state index is 3.56. The summed E-state index contributed by atoms with van der Waals surface area (Å²) < 4.78 is 0. The molecule has 0 aromatic rings. The summed E-state index contributed by atoms with van der Waals surface area (Å²) in [4.78, 5) is 0. The Hall–Kier alpha value is -0.0400. The lowest BCUT2D eigenvalue weighted by molar-refractivity contribution is -0.0645. The van der Waals surface area contributed by atoms with E-state index in [1.54, 1.807) is 0 Å². The van der Waals surface area contributed by atoms with Crippen molar-refractivity contribution in [2.45, 2.75) is 40.0 Å². The van der Waals surface area contributed by atoms with Crippen LogP contribution in [0.2, 0.25) is 0 Å². The summed E-state index contributed by atoms with van der Waals surface area (Å²) in [6.45, 7) is 9.77. The molecule has 13 heavy (non-hydrogen) atoms. The van der Waals surface area contributed by atoms with Crippen LogP contribution in [0, 0.1) is 23.2 Å². The van der Waals surface area contributed by atoms with E-state index in [1.807, 2.05) is 0 Å². The van der Waals surface area contributed by atoms with Crippen molar-refractivity contribution in [3.63, 3.8) is 0 Å². The minimum absolute atomic E-state index is 0.736. The van der Waals surface area contributed by atoms with Crippen molar-refractivity contribution >= 4 is 0 Å². The predicted molar refractivity (Wildman–Crippen MR) is 56.6 cm³/mol. The molecule has 1 heteroatoms. The molecule has 76 valence electrons. The molecule has 3 unspecified atom stereocenters. The van der Waals surface area contributed by atoms with Crippen molar-refractivity contribution in [1.82, 2.24) is 5.32 Å². The van der Waals surface area contributed by atoms with Crippen molar-refractivity contribution in [3.8, 4) is 0 Å². The van der Waals surface area contributed by atoms with E-state index in [0.717, 1.165) is 23.2 Å². The summed E-state index contributed by atoms with van der Waals surface area (Å²) in [7, 11) is 0.